The van der Waals surface area contributed by atoms with Crippen molar-refractivity contribution >= 4 is 45.2 Å². The van der Waals surface area contributed by atoms with Crippen molar-refractivity contribution in [2.75, 3.05) is 17.3 Å². The van der Waals surface area contributed by atoms with Gasteiger partial charge < -0.3 is 9.64 Å². The van der Waals surface area contributed by atoms with Crippen LogP contribution in [0, 0.1) is 0 Å². The standard InChI is InChI=1S/C20H19BrN2O4S/c21-15-6-3-5-14(11-15)20-23(16(12-24)13-28-20)17-7-1-2-8-18(17)27-10-4-9-19(25)22-26/h1-3,5-8,11,20,26H,4,9-10,13H2,(H,22,25). The van der Waals surface area contributed by atoms with Crippen LogP contribution in [0.25, 0.3) is 0 Å². The number of benzene rings is 2. The smallest absolute Gasteiger partial charge is 0.243 e. The molecule has 1 atom stereocenters. The molecule has 1 unspecified atom stereocenters. The molecular weight excluding hydrogens is 444 g/mol. The van der Waals surface area contributed by atoms with Crippen LogP contribution in [-0.2, 0) is 9.59 Å². The maximum atomic E-state index is 11.6. The van der Waals surface area contributed by atoms with Crippen LogP contribution in [-0.4, -0.2) is 29.4 Å². The van der Waals surface area contributed by atoms with Gasteiger partial charge in [0.1, 0.15) is 22.8 Å². The average molecular weight is 463 g/mol. The van der Waals surface area contributed by atoms with Gasteiger partial charge in [-0.05, 0) is 36.2 Å². The number of rotatable bonds is 7. The summed E-state index contributed by atoms with van der Waals surface area (Å²) in [5.74, 6) is 2.81. The van der Waals surface area contributed by atoms with Gasteiger partial charge in [-0.15, -0.1) is 11.8 Å². The Hall–Kier alpha value is -2.25. The van der Waals surface area contributed by atoms with E-state index in [0.29, 0.717) is 30.2 Å². The molecule has 0 spiro atoms. The molecule has 0 radical (unpaired) electrons. The van der Waals surface area contributed by atoms with Crippen LogP contribution < -0.4 is 15.1 Å². The minimum atomic E-state index is -0.450. The van der Waals surface area contributed by atoms with Gasteiger partial charge in [0.05, 0.1) is 12.3 Å². The minimum Gasteiger partial charge on any atom is -0.491 e. The number of amides is 1. The second kappa shape index (κ2) is 9.80. The molecule has 2 N–H and O–H groups in total. The topological polar surface area (TPSA) is 78.9 Å². The number of para-hydroxylation sites is 2. The first kappa shape index (κ1) is 20.5. The van der Waals surface area contributed by atoms with E-state index in [-0.39, 0.29) is 11.8 Å². The third-order valence-corrected chi connectivity index (χ3v) is 5.94. The van der Waals surface area contributed by atoms with Crippen molar-refractivity contribution in [3.05, 3.63) is 64.3 Å². The molecular formula is C20H19BrN2O4S. The first-order valence-electron chi connectivity index (χ1n) is 8.69. The fraction of sp³-hybridized carbons (Fsp3) is 0.250. The summed E-state index contributed by atoms with van der Waals surface area (Å²) in [4.78, 5) is 24.7. The lowest BCUT2D eigenvalue weighted by Gasteiger charge is -2.27. The fourth-order valence-corrected chi connectivity index (χ4v) is 4.61. The summed E-state index contributed by atoms with van der Waals surface area (Å²) in [7, 11) is 0. The molecule has 0 aliphatic carbocycles. The van der Waals surface area contributed by atoms with E-state index in [1.54, 1.807) is 17.2 Å². The van der Waals surface area contributed by atoms with Crippen molar-refractivity contribution in [3.63, 3.8) is 0 Å². The molecule has 1 saturated heterocycles. The Morgan fingerprint density at radius 3 is 2.89 bits per heavy atom. The number of ether oxygens (including phenoxy) is 1. The lowest BCUT2D eigenvalue weighted by atomic mass is 10.1. The summed E-state index contributed by atoms with van der Waals surface area (Å²) in [5.41, 5.74) is 4.02. The number of halogens is 1. The summed E-state index contributed by atoms with van der Waals surface area (Å²) in [5, 5.41) is 8.49. The second-order valence-electron chi connectivity index (χ2n) is 6.09. The number of carbonyl (C=O) groups excluding carboxylic acids is 2. The first-order chi connectivity index (χ1) is 13.6. The molecule has 146 valence electrons. The van der Waals surface area contributed by atoms with Gasteiger partial charge in [0.2, 0.25) is 5.91 Å². The SMILES string of the molecule is O=C=C1CSC(c2cccc(Br)c2)N1c1ccccc1OCCCC(=O)NO. The molecule has 8 heteroatoms. The summed E-state index contributed by atoms with van der Waals surface area (Å²) in [6.45, 7) is 0.313. The number of anilines is 1. The van der Waals surface area contributed by atoms with Crippen LogP contribution in [0.1, 0.15) is 23.8 Å². The predicted octanol–water partition coefficient (Wildman–Crippen LogP) is 4.08. The molecule has 1 fully saturated rings. The number of nitrogens with one attached hydrogen (secondary N) is 1. The van der Waals surface area contributed by atoms with E-state index in [0.717, 1.165) is 15.7 Å². The zero-order valence-corrected chi connectivity index (χ0v) is 17.3. The molecule has 2 aromatic carbocycles. The summed E-state index contributed by atoms with van der Waals surface area (Å²) in [6, 6.07) is 15.5. The highest BCUT2D eigenvalue weighted by Crippen LogP contribution is 2.48. The van der Waals surface area contributed by atoms with Crippen molar-refractivity contribution < 1.29 is 19.5 Å². The Labute approximate surface area is 175 Å². The van der Waals surface area contributed by atoms with Crippen molar-refractivity contribution in [2.24, 2.45) is 0 Å². The molecule has 0 saturated carbocycles. The van der Waals surface area contributed by atoms with Crippen LogP contribution >= 0.6 is 27.7 Å². The first-order valence-corrected chi connectivity index (χ1v) is 10.5. The molecule has 2 aromatic rings. The fourth-order valence-electron chi connectivity index (χ4n) is 2.95. The van der Waals surface area contributed by atoms with Gasteiger partial charge in [-0.25, -0.2) is 10.3 Å². The monoisotopic (exact) mass is 462 g/mol. The second-order valence-corrected chi connectivity index (χ2v) is 8.08. The number of nitrogens with zero attached hydrogens (tertiary/aromatic N) is 1. The van der Waals surface area contributed by atoms with Gasteiger partial charge in [0, 0.05) is 16.6 Å². The zero-order chi connectivity index (χ0) is 19.9. The van der Waals surface area contributed by atoms with E-state index in [1.807, 2.05) is 53.4 Å². The Morgan fingerprint density at radius 1 is 1.32 bits per heavy atom. The lowest BCUT2D eigenvalue weighted by molar-refractivity contribution is -0.129. The highest BCUT2D eigenvalue weighted by Gasteiger charge is 2.34. The highest BCUT2D eigenvalue weighted by atomic mass is 79.9. The quantitative estimate of drug-likeness (QED) is 0.279. The van der Waals surface area contributed by atoms with Crippen LogP contribution in [0.3, 0.4) is 0 Å². The summed E-state index contributed by atoms with van der Waals surface area (Å²) in [6.07, 6.45) is 0.624. The number of carbonyl (C=O) groups is 1. The van der Waals surface area contributed by atoms with E-state index in [1.165, 1.54) is 0 Å². The predicted molar refractivity (Wildman–Crippen MR) is 112 cm³/mol. The van der Waals surface area contributed by atoms with Gasteiger partial charge in [-0.3, -0.25) is 10.0 Å². The average Bonchev–Trinajstić information content (AvgIpc) is 3.15. The van der Waals surface area contributed by atoms with E-state index in [9.17, 15) is 9.59 Å². The van der Waals surface area contributed by atoms with Crippen molar-refractivity contribution in [3.8, 4) is 5.75 Å². The van der Waals surface area contributed by atoms with Crippen molar-refractivity contribution in [1.29, 1.82) is 0 Å². The highest BCUT2D eigenvalue weighted by molar-refractivity contribution is 9.10. The van der Waals surface area contributed by atoms with Crippen LogP contribution in [0.15, 0.2) is 58.7 Å². The Morgan fingerprint density at radius 2 is 2.14 bits per heavy atom. The number of hydroxylamine groups is 1. The summed E-state index contributed by atoms with van der Waals surface area (Å²) >= 11 is 5.16. The van der Waals surface area contributed by atoms with Crippen LogP contribution in [0.4, 0.5) is 5.69 Å². The molecule has 0 bridgehead atoms. The van der Waals surface area contributed by atoms with Gasteiger partial charge >= 0.3 is 0 Å². The Balaban J connectivity index is 1.85. The Bertz CT molecular complexity index is 901. The molecule has 6 nitrogen and oxygen atoms in total. The van der Waals surface area contributed by atoms with Gasteiger partial charge in [0.25, 0.3) is 0 Å². The normalized spacial score (nSPS) is 16.0. The summed E-state index contributed by atoms with van der Waals surface area (Å²) < 4.78 is 6.85. The Kier molecular flexibility index (Phi) is 7.17. The van der Waals surface area contributed by atoms with Crippen molar-refractivity contribution in [2.45, 2.75) is 18.2 Å². The van der Waals surface area contributed by atoms with Gasteiger partial charge in [-0.2, -0.15) is 0 Å². The van der Waals surface area contributed by atoms with Crippen LogP contribution in [0.5, 0.6) is 5.75 Å². The molecule has 28 heavy (non-hydrogen) atoms. The van der Waals surface area contributed by atoms with Crippen molar-refractivity contribution in [1.82, 2.24) is 5.48 Å². The minimum absolute atomic E-state index is 0.0705. The molecule has 1 amide bonds. The molecule has 1 heterocycles. The molecule has 1 aliphatic rings. The maximum Gasteiger partial charge on any atom is 0.243 e. The van der Waals surface area contributed by atoms with E-state index < -0.39 is 5.91 Å². The van der Waals surface area contributed by atoms with Crippen LogP contribution in [0.2, 0.25) is 0 Å². The van der Waals surface area contributed by atoms with Gasteiger partial charge in [0.15, 0.2) is 0 Å². The van der Waals surface area contributed by atoms with E-state index in [4.69, 9.17) is 9.94 Å². The molecule has 3 rings (SSSR count). The lowest BCUT2D eigenvalue weighted by Crippen LogP contribution is -2.22. The third kappa shape index (κ3) is 4.77. The number of hydrogen-bond acceptors (Lipinski definition) is 6. The molecule has 0 aromatic heterocycles. The van der Waals surface area contributed by atoms with E-state index >= 15 is 0 Å². The van der Waals surface area contributed by atoms with Gasteiger partial charge in [-0.1, -0.05) is 40.2 Å². The maximum absolute atomic E-state index is 11.6. The number of thioether (sulfide) groups is 1. The largest absolute Gasteiger partial charge is 0.491 e. The number of hydrogen-bond donors (Lipinski definition) is 2. The zero-order valence-electron chi connectivity index (χ0n) is 14.9. The van der Waals surface area contributed by atoms with E-state index in [2.05, 4.69) is 21.9 Å². The third-order valence-electron chi connectivity index (χ3n) is 4.21. The molecule has 1 aliphatic heterocycles.